The predicted octanol–water partition coefficient (Wildman–Crippen LogP) is 8.36. The van der Waals surface area contributed by atoms with Crippen molar-refractivity contribution in [3.63, 3.8) is 0 Å². The van der Waals surface area contributed by atoms with Crippen LogP contribution < -0.4 is 4.74 Å². The van der Waals surface area contributed by atoms with Gasteiger partial charge in [-0.05, 0) is 115 Å². The largest absolute Gasteiger partial charge is 0.493 e. The second kappa shape index (κ2) is 14.1. The first-order valence-electron chi connectivity index (χ1n) is 15.0. The molecule has 0 heterocycles. The number of benzene rings is 2. The van der Waals surface area contributed by atoms with Gasteiger partial charge in [0.05, 0.1) is 6.61 Å². The van der Waals surface area contributed by atoms with E-state index in [1.54, 1.807) is 6.08 Å². The second-order valence-corrected chi connectivity index (χ2v) is 12.5. The first-order valence-corrected chi connectivity index (χ1v) is 15.0. The van der Waals surface area contributed by atoms with Gasteiger partial charge in [-0.2, -0.15) is 0 Å². The molecule has 2 bridgehead atoms. The summed E-state index contributed by atoms with van der Waals surface area (Å²) in [7, 11) is 0. The molecule has 3 unspecified atom stereocenters. The number of fused-ring (bicyclic) bond motifs is 2. The lowest BCUT2D eigenvalue weighted by molar-refractivity contribution is -0.131. The Morgan fingerprint density at radius 3 is 2.33 bits per heavy atom. The molecule has 216 valence electrons. The van der Waals surface area contributed by atoms with E-state index in [0.29, 0.717) is 13.0 Å². The van der Waals surface area contributed by atoms with Gasteiger partial charge in [-0.3, -0.25) is 0 Å². The molecule has 3 atom stereocenters. The zero-order chi connectivity index (χ0) is 28.5. The molecule has 0 saturated heterocycles. The third-order valence-corrected chi connectivity index (χ3v) is 8.89. The third kappa shape index (κ3) is 8.26. The number of aliphatic hydroxyl groups is 1. The Morgan fingerprint density at radius 2 is 1.65 bits per heavy atom. The Balaban J connectivity index is 1.47. The molecule has 0 spiro atoms. The minimum absolute atomic E-state index is 0.0800. The maximum Gasteiger partial charge on any atom is 0.328 e. The number of aliphatic hydroxyl groups excluding tert-OH is 1. The normalized spacial score (nSPS) is 25.0. The Bertz CT molecular complexity index is 1140. The van der Waals surface area contributed by atoms with Gasteiger partial charge in [-0.15, -0.1) is 4.91 Å². The van der Waals surface area contributed by atoms with E-state index < -0.39 is 12.2 Å². The highest BCUT2D eigenvalue weighted by molar-refractivity contribution is 5.85. The lowest BCUT2D eigenvalue weighted by Gasteiger charge is -2.48. The van der Waals surface area contributed by atoms with Crippen LogP contribution in [0.5, 0.6) is 5.75 Å². The van der Waals surface area contributed by atoms with Gasteiger partial charge in [0.2, 0.25) is 0 Å². The number of rotatable bonds is 14. The number of carboxylic acid groups (broad SMARTS) is 1. The molecule has 0 radical (unpaired) electrons. The zero-order valence-electron chi connectivity index (χ0n) is 24.1. The minimum atomic E-state index is -1.07. The van der Waals surface area contributed by atoms with Crippen LogP contribution in [-0.2, 0) is 10.2 Å². The summed E-state index contributed by atoms with van der Waals surface area (Å²) in [5.74, 6) is 2.42. The molecule has 2 aromatic carbocycles. The summed E-state index contributed by atoms with van der Waals surface area (Å²) in [5.41, 5.74) is 4.54. The number of nitroso groups, excluding NO2 is 1. The van der Waals surface area contributed by atoms with Crippen molar-refractivity contribution >= 4 is 12.0 Å². The molecule has 6 nitrogen and oxygen atoms in total. The number of unbranched alkanes of at least 4 members (excludes halogenated alkanes) is 4. The average molecular weight is 548 g/mol. The molecule has 4 rings (SSSR count). The lowest BCUT2D eigenvalue weighted by atomic mass is 9.57. The van der Waals surface area contributed by atoms with Crippen molar-refractivity contribution in [3.05, 3.63) is 64.6 Å². The fourth-order valence-corrected chi connectivity index (χ4v) is 7.26. The van der Waals surface area contributed by atoms with Crippen LogP contribution in [0.15, 0.2) is 53.7 Å². The number of ether oxygens (including phenoxy) is 1. The Morgan fingerprint density at radius 1 is 1.00 bits per heavy atom. The van der Waals surface area contributed by atoms with Gasteiger partial charge in [-0.25, -0.2) is 4.79 Å². The van der Waals surface area contributed by atoms with E-state index in [2.05, 4.69) is 49.4 Å². The van der Waals surface area contributed by atoms with Crippen LogP contribution in [0.1, 0.15) is 95.6 Å². The van der Waals surface area contributed by atoms with E-state index in [1.165, 1.54) is 37.7 Å². The van der Waals surface area contributed by atoms with Crippen molar-refractivity contribution in [3.8, 4) is 16.9 Å². The summed E-state index contributed by atoms with van der Waals surface area (Å²) in [4.78, 5) is 21.2. The van der Waals surface area contributed by atoms with Gasteiger partial charge in [0.1, 0.15) is 5.75 Å². The zero-order valence-corrected chi connectivity index (χ0v) is 24.1. The smallest absolute Gasteiger partial charge is 0.328 e. The van der Waals surface area contributed by atoms with Crippen molar-refractivity contribution in [2.45, 2.75) is 96.1 Å². The van der Waals surface area contributed by atoms with Crippen molar-refractivity contribution in [1.82, 2.24) is 0 Å². The van der Waals surface area contributed by atoms with Gasteiger partial charge in [0.15, 0.2) is 6.23 Å². The molecule has 2 fully saturated rings. The summed E-state index contributed by atoms with van der Waals surface area (Å²) < 4.78 is 6.46. The number of nitrogens with zero attached hydrogens (tertiary/aromatic N) is 1. The summed E-state index contributed by atoms with van der Waals surface area (Å²) >= 11 is 0. The van der Waals surface area contributed by atoms with Gasteiger partial charge < -0.3 is 14.9 Å². The van der Waals surface area contributed by atoms with E-state index in [0.717, 1.165) is 78.4 Å². The Kier molecular flexibility index (Phi) is 10.5. The highest BCUT2D eigenvalue weighted by atomic mass is 16.5. The summed E-state index contributed by atoms with van der Waals surface area (Å²) in [6, 6.07) is 14.7. The predicted molar refractivity (Wildman–Crippen MR) is 160 cm³/mol. The maximum absolute atomic E-state index is 10.9. The molecule has 2 aromatic rings. The molecular formula is C34H45NO5. The molecular weight excluding hydrogens is 502 g/mol. The van der Waals surface area contributed by atoms with Crippen LogP contribution in [0, 0.1) is 22.7 Å². The average Bonchev–Trinajstić information content (AvgIpc) is 2.92. The van der Waals surface area contributed by atoms with Crippen molar-refractivity contribution in [1.29, 1.82) is 0 Å². The fourth-order valence-electron chi connectivity index (χ4n) is 7.26. The summed E-state index contributed by atoms with van der Waals surface area (Å²) in [6.45, 7) is 5.53. The van der Waals surface area contributed by atoms with Crippen molar-refractivity contribution in [2.24, 2.45) is 22.9 Å². The molecule has 2 saturated carbocycles. The van der Waals surface area contributed by atoms with Gasteiger partial charge >= 0.3 is 5.97 Å². The summed E-state index contributed by atoms with van der Waals surface area (Å²) in [6.07, 6.45) is 13.4. The Hall–Kier alpha value is -2.99. The van der Waals surface area contributed by atoms with E-state index in [-0.39, 0.29) is 5.41 Å². The molecule has 2 N–H and O–H groups in total. The fraction of sp³-hybridized carbons (Fsp3) is 0.559. The topological polar surface area (TPSA) is 96.2 Å². The monoisotopic (exact) mass is 547 g/mol. The van der Waals surface area contributed by atoms with Crippen LogP contribution in [-0.4, -0.2) is 29.0 Å². The van der Waals surface area contributed by atoms with Crippen LogP contribution in [0.2, 0.25) is 0 Å². The number of hydrogen-bond acceptors (Lipinski definition) is 5. The van der Waals surface area contributed by atoms with Gasteiger partial charge in [0.25, 0.3) is 0 Å². The first kappa shape index (κ1) is 30.0. The van der Waals surface area contributed by atoms with Crippen molar-refractivity contribution < 1.29 is 19.7 Å². The molecule has 2 aliphatic rings. The second-order valence-electron chi connectivity index (χ2n) is 12.5. The highest BCUT2D eigenvalue weighted by Crippen LogP contribution is 2.53. The highest BCUT2D eigenvalue weighted by Gasteiger charge is 2.43. The van der Waals surface area contributed by atoms with Gasteiger partial charge in [-0.1, -0.05) is 63.4 Å². The number of carbonyl (C=O) groups is 1. The molecule has 0 amide bonds. The first-order chi connectivity index (χ1) is 19.3. The number of carboxylic acids is 1. The third-order valence-electron chi connectivity index (χ3n) is 8.89. The van der Waals surface area contributed by atoms with Crippen molar-refractivity contribution in [2.75, 3.05) is 6.61 Å². The Labute approximate surface area is 238 Å². The lowest BCUT2D eigenvalue weighted by Crippen LogP contribution is -2.39. The maximum atomic E-state index is 10.9. The van der Waals surface area contributed by atoms with E-state index in [9.17, 15) is 14.8 Å². The van der Waals surface area contributed by atoms with Crippen LogP contribution in [0.3, 0.4) is 0 Å². The van der Waals surface area contributed by atoms with Crippen LogP contribution in [0.4, 0.5) is 0 Å². The van der Waals surface area contributed by atoms with E-state index >= 15 is 0 Å². The van der Waals surface area contributed by atoms with Gasteiger partial charge in [0, 0.05) is 11.6 Å². The standard InChI is InChI=1S/C34H45NO5/c1-24-18-26-20-27(19-24)23-34(2,22-26)30-21-29(28-12-9-25(10-13-28)11-16-33(37)38)14-15-31(30)40-17-7-5-3-4-6-8-32(36)35-39/h9-16,21,24,26-27,32,36H,3-8,17-20,22-23H2,1-2H3,(H,37,38)/b16-11+. The van der Waals surface area contributed by atoms with Crippen LogP contribution >= 0.6 is 0 Å². The molecule has 0 aliphatic heterocycles. The minimum Gasteiger partial charge on any atom is -0.493 e. The van der Waals surface area contributed by atoms with E-state index in [1.807, 2.05) is 12.1 Å². The molecule has 2 aliphatic carbocycles. The SMILES string of the molecule is CC1CC2CC(C1)CC(C)(c1cc(-c3ccc(/C=C/C(=O)O)cc3)ccc1OCCCCCCCC(O)N=O)C2. The number of hydrogen-bond donors (Lipinski definition) is 2. The molecule has 0 aromatic heterocycles. The quantitative estimate of drug-likeness (QED) is 0.141. The van der Waals surface area contributed by atoms with Crippen LogP contribution in [0.25, 0.3) is 17.2 Å². The number of aliphatic carboxylic acids is 1. The molecule has 40 heavy (non-hydrogen) atoms. The summed E-state index contributed by atoms with van der Waals surface area (Å²) in [5, 5.41) is 20.8. The van der Waals surface area contributed by atoms with E-state index in [4.69, 9.17) is 9.84 Å². The molecule has 6 heteroatoms.